The largest absolute Gasteiger partial charge is 0.772 e. The molecule has 0 bridgehead atoms. The number of hydrogen-bond donors (Lipinski definition) is 1. The Hall–Kier alpha value is -2.13. The zero-order valence-corrected chi connectivity index (χ0v) is 17.2. The number of likely N-dealkylation sites (tertiary alicyclic amines) is 1. The number of rotatable bonds is 7. The molecule has 3 aliphatic rings. The first-order chi connectivity index (χ1) is 13.9. The van der Waals surface area contributed by atoms with E-state index in [1.54, 1.807) is 6.92 Å². The van der Waals surface area contributed by atoms with Gasteiger partial charge in [0.15, 0.2) is 0 Å². The van der Waals surface area contributed by atoms with Gasteiger partial charge in [0, 0.05) is 55.4 Å². The van der Waals surface area contributed by atoms with Crippen molar-refractivity contribution < 1.29 is 23.1 Å². The van der Waals surface area contributed by atoms with Gasteiger partial charge in [-0.15, -0.1) is 0 Å². The number of benzene rings is 1. The standard InChI is InChI=1S/C20H27N3O5S/c1-13(29(26)27)15-8-22(9-15)18-5-2-14(3-6-18)16-10-23(11-16)19(24)7-4-17-12-28-20(25)21-17/h2-3,5-6,13,15-17H,4,7-12H2,1H3,(H,21,25)(H,26,27)/p-1/t13?,17-/m1/s1. The highest BCUT2D eigenvalue weighted by molar-refractivity contribution is 7.79. The number of ether oxygens (including phenoxy) is 1. The SMILES string of the molecule is CC(C1CN(c2ccc(C3CN(C(=O)CC[C@@H]4COC(=O)N4)C3)cc2)C1)S(=O)[O-]. The molecule has 1 aromatic carbocycles. The fraction of sp³-hybridized carbons (Fsp3) is 0.600. The monoisotopic (exact) mass is 420 g/mol. The third-order valence-corrected chi connectivity index (χ3v) is 7.28. The second-order valence-electron chi connectivity index (χ2n) is 8.20. The Morgan fingerprint density at radius 1 is 1.28 bits per heavy atom. The normalized spacial score (nSPS) is 24.3. The quantitative estimate of drug-likeness (QED) is 0.665. The van der Waals surface area contributed by atoms with Gasteiger partial charge in [0.25, 0.3) is 0 Å². The lowest BCUT2D eigenvalue weighted by Gasteiger charge is -2.44. The van der Waals surface area contributed by atoms with E-state index in [0.717, 1.165) is 31.9 Å². The number of amides is 2. The molecule has 0 aliphatic carbocycles. The summed E-state index contributed by atoms with van der Waals surface area (Å²) >= 11 is -2.01. The predicted octanol–water partition coefficient (Wildman–Crippen LogP) is 1.20. The van der Waals surface area contributed by atoms with Gasteiger partial charge in [-0.05, 0) is 24.1 Å². The zero-order valence-electron chi connectivity index (χ0n) is 16.4. The van der Waals surface area contributed by atoms with Crippen LogP contribution in [0.1, 0.15) is 31.2 Å². The summed E-state index contributed by atoms with van der Waals surface area (Å²) in [5.74, 6) is 0.674. The van der Waals surface area contributed by atoms with Crippen molar-refractivity contribution in [2.75, 3.05) is 37.7 Å². The van der Waals surface area contributed by atoms with E-state index in [1.807, 2.05) is 4.90 Å². The van der Waals surface area contributed by atoms with Gasteiger partial charge in [-0.2, -0.15) is 0 Å². The number of cyclic esters (lactones) is 1. The summed E-state index contributed by atoms with van der Waals surface area (Å²) in [5, 5.41) is 2.39. The van der Waals surface area contributed by atoms with Crippen LogP contribution < -0.4 is 10.2 Å². The van der Waals surface area contributed by atoms with Gasteiger partial charge in [-0.1, -0.05) is 30.1 Å². The first-order valence-electron chi connectivity index (χ1n) is 10.0. The number of hydrogen-bond acceptors (Lipinski definition) is 6. The van der Waals surface area contributed by atoms with Crippen molar-refractivity contribution in [3.63, 3.8) is 0 Å². The average Bonchev–Trinajstić information content (AvgIpc) is 3.04. The average molecular weight is 421 g/mol. The van der Waals surface area contributed by atoms with E-state index in [-0.39, 0.29) is 23.1 Å². The molecule has 3 heterocycles. The minimum atomic E-state index is -2.01. The third-order valence-electron chi connectivity index (χ3n) is 6.29. The van der Waals surface area contributed by atoms with E-state index in [0.29, 0.717) is 25.4 Å². The molecule has 1 aromatic rings. The lowest BCUT2D eigenvalue weighted by molar-refractivity contribution is -0.135. The topological polar surface area (TPSA) is 102 Å². The Balaban J connectivity index is 1.20. The number of carbonyl (C=O) groups excluding carboxylic acids is 2. The first kappa shape index (κ1) is 20.2. The van der Waals surface area contributed by atoms with E-state index >= 15 is 0 Å². The minimum absolute atomic E-state index is 0.0613. The summed E-state index contributed by atoms with van der Waals surface area (Å²) in [5.41, 5.74) is 2.34. The second-order valence-corrected chi connectivity index (χ2v) is 9.46. The number of nitrogens with one attached hydrogen (secondary N) is 1. The second kappa shape index (κ2) is 8.31. The lowest BCUT2D eigenvalue weighted by atomic mass is 9.90. The summed E-state index contributed by atoms with van der Waals surface area (Å²) < 4.78 is 27.0. The molecule has 29 heavy (non-hydrogen) atoms. The van der Waals surface area contributed by atoms with Crippen molar-refractivity contribution in [2.45, 2.75) is 37.0 Å². The van der Waals surface area contributed by atoms with Gasteiger partial charge in [0.2, 0.25) is 5.91 Å². The maximum Gasteiger partial charge on any atom is 0.407 e. The molecule has 1 N–H and O–H groups in total. The molecular weight excluding hydrogens is 394 g/mol. The maximum atomic E-state index is 12.3. The van der Waals surface area contributed by atoms with E-state index in [1.165, 1.54) is 5.56 Å². The van der Waals surface area contributed by atoms with Crippen LogP contribution >= 0.6 is 0 Å². The first-order valence-corrected chi connectivity index (χ1v) is 11.2. The Morgan fingerprint density at radius 2 is 1.97 bits per heavy atom. The third kappa shape index (κ3) is 4.40. The van der Waals surface area contributed by atoms with Crippen LogP contribution in [0.3, 0.4) is 0 Å². The van der Waals surface area contributed by atoms with Gasteiger partial charge in [0.05, 0.1) is 6.04 Å². The molecule has 2 unspecified atom stereocenters. The van der Waals surface area contributed by atoms with E-state index in [2.05, 4.69) is 34.5 Å². The van der Waals surface area contributed by atoms with Gasteiger partial charge in [-0.3, -0.25) is 9.00 Å². The molecule has 0 radical (unpaired) electrons. The predicted molar refractivity (Wildman–Crippen MR) is 107 cm³/mol. The molecular formula is C20H26N3O5S-. The molecule has 0 spiro atoms. The van der Waals surface area contributed by atoms with E-state index in [9.17, 15) is 18.4 Å². The smallest absolute Gasteiger partial charge is 0.407 e. The van der Waals surface area contributed by atoms with Crippen LogP contribution in [0.15, 0.2) is 24.3 Å². The molecule has 2 amide bonds. The molecule has 9 heteroatoms. The minimum Gasteiger partial charge on any atom is -0.772 e. The molecule has 3 aliphatic heterocycles. The summed E-state index contributed by atoms with van der Waals surface area (Å²) in [4.78, 5) is 27.3. The van der Waals surface area contributed by atoms with Crippen molar-refractivity contribution in [2.24, 2.45) is 5.92 Å². The summed E-state index contributed by atoms with van der Waals surface area (Å²) in [6.07, 6.45) is 0.622. The molecule has 0 aromatic heterocycles. The van der Waals surface area contributed by atoms with Crippen LogP contribution in [-0.4, -0.2) is 69.7 Å². The van der Waals surface area contributed by atoms with Crippen molar-refractivity contribution in [3.8, 4) is 0 Å². The molecule has 0 saturated carbocycles. The lowest BCUT2D eigenvalue weighted by Crippen LogP contribution is -2.52. The van der Waals surface area contributed by atoms with Crippen LogP contribution in [0, 0.1) is 5.92 Å². The van der Waals surface area contributed by atoms with Gasteiger partial charge in [-0.25, -0.2) is 4.79 Å². The molecule has 8 nitrogen and oxygen atoms in total. The fourth-order valence-electron chi connectivity index (χ4n) is 4.07. The molecule has 3 atom stereocenters. The number of nitrogens with zero attached hydrogens (tertiary/aromatic N) is 2. The summed E-state index contributed by atoms with van der Waals surface area (Å²) in [7, 11) is 0. The number of alkyl carbamates (subject to hydrolysis) is 1. The van der Waals surface area contributed by atoms with Crippen LogP contribution in [-0.2, 0) is 20.6 Å². The van der Waals surface area contributed by atoms with Crippen LogP contribution in [0.4, 0.5) is 10.5 Å². The highest BCUT2D eigenvalue weighted by Crippen LogP contribution is 2.32. The van der Waals surface area contributed by atoms with E-state index in [4.69, 9.17) is 4.74 Å². The van der Waals surface area contributed by atoms with Crippen LogP contribution in [0.5, 0.6) is 0 Å². The van der Waals surface area contributed by atoms with Crippen LogP contribution in [0.2, 0.25) is 0 Å². The van der Waals surface area contributed by atoms with Gasteiger partial charge >= 0.3 is 6.09 Å². The van der Waals surface area contributed by atoms with E-state index < -0.39 is 17.2 Å². The highest BCUT2D eigenvalue weighted by atomic mass is 32.2. The number of anilines is 1. The maximum absolute atomic E-state index is 12.3. The Kier molecular flexibility index (Phi) is 5.78. The highest BCUT2D eigenvalue weighted by Gasteiger charge is 2.34. The molecule has 4 rings (SSSR count). The molecule has 3 saturated heterocycles. The van der Waals surface area contributed by atoms with Crippen molar-refractivity contribution >= 4 is 28.8 Å². The van der Waals surface area contributed by atoms with Gasteiger partial charge < -0.3 is 24.4 Å². The van der Waals surface area contributed by atoms with Crippen molar-refractivity contribution in [3.05, 3.63) is 29.8 Å². The van der Waals surface area contributed by atoms with Crippen molar-refractivity contribution in [1.82, 2.24) is 10.2 Å². The molecule has 3 fully saturated rings. The Bertz CT molecular complexity index is 790. The summed E-state index contributed by atoms with van der Waals surface area (Å²) in [6.45, 7) is 5.09. The zero-order chi connectivity index (χ0) is 20.5. The van der Waals surface area contributed by atoms with Crippen LogP contribution in [0.25, 0.3) is 0 Å². The Labute approximate surface area is 172 Å². The Morgan fingerprint density at radius 3 is 2.55 bits per heavy atom. The van der Waals surface area contributed by atoms with Gasteiger partial charge in [0.1, 0.15) is 6.61 Å². The number of carbonyl (C=O) groups is 2. The fourth-order valence-corrected chi connectivity index (χ4v) is 4.55. The summed E-state index contributed by atoms with van der Waals surface area (Å²) in [6, 6.07) is 8.31. The van der Waals surface area contributed by atoms with Crippen molar-refractivity contribution in [1.29, 1.82) is 0 Å². The molecule has 158 valence electrons.